The van der Waals surface area contributed by atoms with E-state index in [0.717, 1.165) is 48.6 Å². The van der Waals surface area contributed by atoms with Crippen molar-refractivity contribution in [2.75, 3.05) is 33.3 Å². The summed E-state index contributed by atoms with van der Waals surface area (Å²) in [7, 11) is 1.99. The molecule has 0 bridgehead atoms. The van der Waals surface area contributed by atoms with Crippen LogP contribution in [-0.4, -0.2) is 44.1 Å². The summed E-state index contributed by atoms with van der Waals surface area (Å²) in [6.07, 6.45) is 3.91. The molecule has 2 rings (SSSR count). The molecule has 4 nitrogen and oxygen atoms in total. The molecule has 1 saturated heterocycles. The first-order valence-electron chi connectivity index (χ1n) is 8.00. The van der Waals surface area contributed by atoms with Gasteiger partial charge in [-0.3, -0.25) is 4.79 Å². The topological polar surface area (TPSA) is 41.6 Å². The lowest BCUT2D eigenvalue weighted by Gasteiger charge is -2.32. The first-order valence-corrected chi connectivity index (χ1v) is 8.79. The van der Waals surface area contributed by atoms with Crippen LogP contribution in [0.1, 0.15) is 25.7 Å². The molecule has 1 aromatic rings. The van der Waals surface area contributed by atoms with Crippen LogP contribution >= 0.6 is 28.3 Å². The first-order chi connectivity index (χ1) is 10.7. The van der Waals surface area contributed by atoms with Crippen LogP contribution in [0, 0.1) is 5.92 Å². The molecule has 6 heteroatoms. The molecule has 1 amide bonds. The van der Waals surface area contributed by atoms with E-state index < -0.39 is 0 Å². The van der Waals surface area contributed by atoms with Crippen molar-refractivity contribution in [1.82, 2.24) is 10.2 Å². The number of nitrogens with zero attached hydrogens (tertiary/aromatic N) is 1. The number of carbonyl (C=O) groups is 1. The van der Waals surface area contributed by atoms with Gasteiger partial charge < -0.3 is 15.0 Å². The highest BCUT2D eigenvalue weighted by Crippen LogP contribution is 2.24. The van der Waals surface area contributed by atoms with Crippen molar-refractivity contribution in [1.29, 1.82) is 0 Å². The number of hydrogen-bond donors (Lipinski definition) is 1. The Morgan fingerprint density at radius 3 is 2.70 bits per heavy atom. The van der Waals surface area contributed by atoms with Crippen molar-refractivity contribution in [2.24, 2.45) is 5.92 Å². The van der Waals surface area contributed by atoms with Gasteiger partial charge in [0.25, 0.3) is 0 Å². The summed E-state index contributed by atoms with van der Waals surface area (Å²) < 4.78 is 6.59. The molecule has 0 aliphatic carbocycles. The fraction of sp³-hybridized carbons (Fsp3) is 0.588. The van der Waals surface area contributed by atoms with Gasteiger partial charge in [-0.25, -0.2) is 0 Å². The van der Waals surface area contributed by atoms with Crippen molar-refractivity contribution in [2.45, 2.75) is 25.7 Å². The number of amides is 1. The second-order valence-electron chi connectivity index (χ2n) is 5.75. The van der Waals surface area contributed by atoms with Crippen LogP contribution in [0.5, 0.6) is 5.75 Å². The summed E-state index contributed by atoms with van der Waals surface area (Å²) in [5, 5.41) is 3.20. The standard InChI is InChI=1S/C17H25BrN2O2.ClH/c1-19-10-6-14-7-11-20(12-8-14)17(21)9-13-22-16-5-3-2-4-15(16)18;/h2-5,14,19H,6-13H2,1H3;1H. The van der Waals surface area contributed by atoms with Crippen LogP contribution in [0.4, 0.5) is 0 Å². The quantitative estimate of drug-likeness (QED) is 0.755. The third kappa shape index (κ3) is 6.69. The molecule has 0 atom stereocenters. The predicted octanol–water partition coefficient (Wildman–Crippen LogP) is 3.49. The molecule has 1 fully saturated rings. The number of rotatable bonds is 7. The summed E-state index contributed by atoms with van der Waals surface area (Å²) in [6.45, 7) is 3.28. The molecular formula is C17H26BrClN2O2. The lowest BCUT2D eigenvalue weighted by molar-refractivity contribution is -0.133. The molecule has 0 spiro atoms. The van der Waals surface area contributed by atoms with Gasteiger partial charge >= 0.3 is 0 Å². The number of ether oxygens (including phenoxy) is 1. The summed E-state index contributed by atoms with van der Waals surface area (Å²) in [6, 6.07) is 7.72. The van der Waals surface area contributed by atoms with Gasteiger partial charge in [-0.15, -0.1) is 12.4 Å². The number of para-hydroxylation sites is 1. The molecule has 1 aliphatic heterocycles. The van der Waals surface area contributed by atoms with Gasteiger partial charge in [0.2, 0.25) is 5.91 Å². The minimum absolute atomic E-state index is 0. The normalized spacial score (nSPS) is 15.1. The van der Waals surface area contributed by atoms with Gasteiger partial charge in [-0.05, 0) is 66.8 Å². The first kappa shape index (κ1) is 20.3. The zero-order chi connectivity index (χ0) is 15.8. The van der Waals surface area contributed by atoms with Gasteiger partial charge in [0, 0.05) is 13.1 Å². The second-order valence-corrected chi connectivity index (χ2v) is 6.60. The molecule has 1 heterocycles. The molecule has 0 unspecified atom stereocenters. The molecule has 0 saturated carbocycles. The van der Waals surface area contributed by atoms with Gasteiger partial charge in [0.15, 0.2) is 0 Å². The van der Waals surface area contributed by atoms with Crippen molar-refractivity contribution in [3.63, 3.8) is 0 Å². The lowest BCUT2D eigenvalue weighted by atomic mass is 9.93. The maximum Gasteiger partial charge on any atom is 0.225 e. The molecule has 130 valence electrons. The lowest BCUT2D eigenvalue weighted by Crippen LogP contribution is -2.39. The number of carbonyl (C=O) groups excluding carboxylic acids is 1. The molecule has 1 aromatic carbocycles. The van der Waals surface area contributed by atoms with Crippen LogP contribution in [0.3, 0.4) is 0 Å². The second kappa shape index (κ2) is 10.9. The monoisotopic (exact) mass is 404 g/mol. The van der Waals surface area contributed by atoms with E-state index in [2.05, 4.69) is 21.2 Å². The van der Waals surface area contributed by atoms with E-state index >= 15 is 0 Å². The zero-order valence-corrected chi connectivity index (χ0v) is 16.0. The highest BCUT2D eigenvalue weighted by atomic mass is 79.9. The van der Waals surface area contributed by atoms with Gasteiger partial charge in [0.1, 0.15) is 5.75 Å². The van der Waals surface area contributed by atoms with Crippen LogP contribution in [0.15, 0.2) is 28.7 Å². The summed E-state index contributed by atoms with van der Waals surface area (Å²) in [5.41, 5.74) is 0. The van der Waals surface area contributed by atoms with Crippen molar-refractivity contribution < 1.29 is 9.53 Å². The van der Waals surface area contributed by atoms with Crippen molar-refractivity contribution in [3.05, 3.63) is 28.7 Å². The molecule has 1 N–H and O–H groups in total. The maximum atomic E-state index is 12.2. The van der Waals surface area contributed by atoms with Gasteiger partial charge in [0.05, 0.1) is 17.5 Å². The summed E-state index contributed by atoms with van der Waals surface area (Å²) in [4.78, 5) is 14.2. The van der Waals surface area contributed by atoms with E-state index in [9.17, 15) is 4.79 Å². The molecule has 0 radical (unpaired) electrons. The zero-order valence-electron chi connectivity index (χ0n) is 13.6. The van der Waals surface area contributed by atoms with Crippen LogP contribution in [0.2, 0.25) is 0 Å². The Hall–Kier alpha value is -0.780. The van der Waals surface area contributed by atoms with Crippen LogP contribution < -0.4 is 10.1 Å². The van der Waals surface area contributed by atoms with Crippen molar-refractivity contribution >= 4 is 34.2 Å². The Morgan fingerprint density at radius 2 is 2.04 bits per heavy atom. The minimum Gasteiger partial charge on any atom is -0.492 e. The van der Waals surface area contributed by atoms with Crippen LogP contribution in [-0.2, 0) is 4.79 Å². The minimum atomic E-state index is 0. The fourth-order valence-corrected chi connectivity index (χ4v) is 3.19. The SMILES string of the molecule is CNCCC1CCN(C(=O)CCOc2ccccc2Br)CC1.Cl. The number of benzene rings is 1. The highest BCUT2D eigenvalue weighted by molar-refractivity contribution is 9.10. The van der Waals surface area contributed by atoms with Crippen LogP contribution in [0.25, 0.3) is 0 Å². The molecule has 0 aromatic heterocycles. The average molecular weight is 406 g/mol. The van der Waals surface area contributed by atoms with E-state index in [-0.39, 0.29) is 18.3 Å². The molecule has 23 heavy (non-hydrogen) atoms. The fourth-order valence-electron chi connectivity index (χ4n) is 2.79. The molecular weight excluding hydrogens is 380 g/mol. The predicted molar refractivity (Wildman–Crippen MR) is 99.3 cm³/mol. The Kier molecular flexibility index (Phi) is 9.60. The molecule has 1 aliphatic rings. The number of piperidine rings is 1. The Labute approximate surface area is 153 Å². The number of nitrogens with one attached hydrogen (secondary N) is 1. The Morgan fingerprint density at radius 1 is 1.35 bits per heavy atom. The van der Waals surface area contributed by atoms with E-state index in [1.54, 1.807) is 0 Å². The van der Waals surface area contributed by atoms with E-state index in [4.69, 9.17) is 4.74 Å². The van der Waals surface area contributed by atoms with E-state index in [1.807, 2.05) is 36.2 Å². The Bertz CT molecular complexity index is 479. The summed E-state index contributed by atoms with van der Waals surface area (Å²) in [5.74, 6) is 1.76. The average Bonchev–Trinajstić information content (AvgIpc) is 2.55. The number of hydrogen-bond acceptors (Lipinski definition) is 3. The van der Waals surface area contributed by atoms with E-state index in [0.29, 0.717) is 13.0 Å². The number of likely N-dealkylation sites (tertiary alicyclic amines) is 1. The largest absolute Gasteiger partial charge is 0.492 e. The number of halogens is 2. The summed E-state index contributed by atoms with van der Waals surface area (Å²) >= 11 is 3.44. The van der Waals surface area contributed by atoms with E-state index in [1.165, 1.54) is 6.42 Å². The van der Waals surface area contributed by atoms with Gasteiger partial charge in [-0.1, -0.05) is 12.1 Å². The third-order valence-corrected chi connectivity index (χ3v) is 4.84. The van der Waals surface area contributed by atoms with Crippen molar-refractivity contribution in [3.8, 4) is 5.75 Å². The highest BCUT2D eigenvalue weighted by Gasteiger charge is 2.22. The van der Waals surface area contributed by atoms with Gasteiger partial charge in [-0.2, -0.15) is 0 Å². The third-order valence-electron chi connectivity index (χ3n) is 4.18. The Balaban J connectivity index is 0.00000264. The maximum absolute atomic E-state index is 12.2. The smallest absolute Gasteiger partial charge is 0.225 e.